The molecule has 0 bridgehead atoms. The number of rotatable bonds is 4. The third kappa shape index (κ3) is 4.22. The van der Waals surface area contributed by atoms with E-state index in [1.807, 2.05) is 0 Å². The maximum atomic E-state index is 13.8. The van der Waals surface area contributed by atoms with Crippen molar-refractivity contribution in [1.82, 2.24) is 0 Å². The Bertz CT molecular complexity index is 883. The van der Waals surface area contributed by atoms with Crippen LogP contribution in [0.25, 0.3) is 6.08 Å². The van der Waals surface area contributed by atoms with Gasteiger partial charge in [-0.3, -0.25) is 4.79 Å². The number of nitrogens with zero attached hydrogens (tertiary/aromatic N) is 1. The number of esters is 1. The Morgan fingerprint density at radius 3 is 2.60 bits per heavy atom. The van der Waals surface area contributed by atoms with Gasteiger partial charge in [0.1, 0.15) is 17.5 Å². The Labute approximate surface area is 148 Å². The third-order valence-corrected chi connectivity index (χ3v) is 3.56. The molecule has 7 heteroatoms. The van der Waals surface area contributed by atoms with Crippen LogP contribution in [0.5, 0.6) is 0 Å². The highest BCUT2D eigenvalue weighted by atomic mass is 35.5. The lowest BCUT2D eigenvalue weighted by Crippen LogP contribution is -2.16. The van der Waals surface area contributed by atoms with Crippen molar-refractivity contribution in [3.63, 3.8) is 0 Å². The van der Waals surface area contributed by atoms with Crippen LogP contribution in [0.3, 0.4) is 0 Å². The van der Waals surface area contributed by atoms with Gasteiger partial charge in [0.25, 0.3) is 5.91 Å². The van der Waals surface area contributed by atoms with E-state index in [2.05, 4.69) is 10.1 Å². The van der Waals surface area contributed by atoms with Crippen LogP contribution in [0.1, 0.15) is 15.9 Å². The minimum absolute atomic E-state index is 0.0653. The van der Waals surface area contributed by atoms with Crippen molar-refractivity contribution >= 4 is 35.2 Å². The summed E-state index contributed by atoms with van der Waals surface area (Å²) in [5.74, 6) is -2.11. The summed E-state index contributed by atoms with van der Waals surface area (Å²) in [6.45, 7) is 0. The molecular formula is C18H12ClFN2O3. The lowest BCUT2D eigenvalue weighted by Gasteiger charge is -2.09. The molecule has 0 unspecified atom stereocenters. The van der Waals surface area contributed by atoms with Crippen molar-refractivity contribution < 1.29 is 18.7 Å². The summed E-state index contributed by atoms with van der Waals surface area (Å²) in [7, 11) is 1.21. The fourth-order valence-corrected chi connectivity index (χ4v) is 2.23. The first-order valence-electron chi connectivity index (χ1n) is 7.02. The van der Waals surface area contributed by atoms with Crippen LogP contribution in [-0.2, 0) is 9.53 Å². The zero-order valence-corrected chi connectivity index (χ0v) is 13.8. The van der Waals surface area contributed by atoms with Gasteiger partial charge in [0.15, 0.2) is 0 Å². The molecule has 0 fully saturated rings. The number of para-hydroxylation sites is 1. The van der Waals surface area contributed by atoms with E-state index < -0.39 is 17.7 Å². The quantitative estimate of drug-likeness (QED) is 0.512. The minimum atomic E-state index is -0.807. The van der Waals surface area contributed by atoms with E-state index in [1.54, 1.807) is 18.2 Å². The van der Waals surface area contributed by atoms with Crippen molar-refractivity contribution in [3.05, 3.63) is 70.0 Å². The Morgan fingerprint density at radius 1 is 1.24 bits per heavy atom. The molecule has 0 atom stereocenters. The molecule has 5 nitrogen and oxygen atoms in total. The number of nitrogens with one attached hydrogen (secondary N) is 1. The Kier molecular flexibility index (Phi) is 5.88. The number of halogens is 2. The average Bonchev–Trinajstić information content (AvgIpc) is 2.61. The molecule has 0 saturated carbocycles. The number of benzene rings is 2. The third-order valence-electron chi connectivity index (χ3n) is 3.23. The van der Waals surface area contributed by atoms with Gasteiger partial charge in [-0.15, -0.1) is 0 Å². The van der Waals surface area contributed by atoms with Gasteiger partial charge in [0.05, 0.1) is 23.4 Å². The molecule has 0 aliphatic heterocycles. The largest absolute Gasteiger partial charge is 0.465 e. The molecule has 1 amide bonds. The van der Waals surface area contributed by atoms with Gasteiger partial charge in [-0.2, -0.15) is 5.26 Å². The van der Waals surface area contributed by atoms with Gasteiger partial charge in [0.2, 0.25) is 0 Å². The number of hydrogen-bond acceptors (Lipinski definition) is 4. The Hall–Kier alpha value is -3.17. The summed E-state index contributed by atoms with van der Waals surface area (Å²) in [5, 5.41) is 11.7. The first-order chi connectivity index (χ1) is 12.0. The van der Waals surface area contributed by atoms with Crippen molar-refractivity contribution in [3.8, 4) is 6.07 Å². The van der Waals surface area contributed by atoms with Crippen LogP contribution in [0, 0.1) is 17.1 Å². The molecule has 25 heavy (non-hydrogen) atoms. The van der Waals surface area contributed by atoms with Gasteiger partial charge in [-0.05, 0) is 30.3 Å². The van der Waals surface area contributed by atoms with E-state index in [4.69, 9.17) is 11.6 Å². The lowest BCUT2D eigenvalue weighted by molar-refractivity contribution is -0.112. The number of carbonyl (C=O) groups is 2. The van der Waals surface area contributed by atoms with E-state index in [9.17, 15) is 19.2 Å². The van der Waals surface area contributed by atoms with E-state index >= 15 is 0 Å². The van der Waals surface area contributed by atoms with E-state index in [-0.39, 0.29) is 27.4 Å². The summed E-state index contributed by atoms with van der Waals surface area (Å²) in [4.78, 5) is 24.0. The highest BCUT2D eigenvalue weighted by molar-refractivity contribution is 6.32. The van der Waals surface area contributed by atoms with Crippen LogP contribution in [0.15, 0.2) is 48.0 Å². The monoisotopic (exact) mass is 358 g/mol. The predicted molar refractivity (Wildman–Crippen MR) is 91.4 cm³/mol. The topological polar surface area (TPSA) is 79.2 Å². The van der Waals surface area contributed by atoms with Gasteiger partial charge in [-0.1, -0.05) is 29.8 Å². The standard InChI is InChI=1S/C18H12ClFN2O3/c1-25-18(24)12-5-2-3-8-16(12)22-17(23)11(10-21)9-13-14(19)6-4-7-15(13)20/h2-9H,1H3,(H,22,23)/b11-9+. The highest BCUT2D eigenvalue weighted by Crippen LogP contribution is 2.23. The van der Waals surface area contributed by atoms with Gasteiger partial charge >= 0.3 is 5.97 Å². The zero-order valence-electron chi connectivity index (χ0n) is 13.0. The number of anilines is 1. The predicted octanol–water partition coefficient (Wildman–Crippen LogP) is 3.81. The molecule has 0 heterocycles. The first-order valence-corrected chi connectivity index (χ1v) is 7.40. The number of hydrogen-bond donors (Lipinski definition) is 1. The van der Waals surface area contributed by atoms with E-state index in [0.717, 1.165) is 12.1 Å². The molecule has 0 radical (unpaired) electrons. The van der Waals surface area contributed by atoms with Crippen LogP contribution in [-0.4, -0.2) is 19.0 Å². The maximum absolute atomic E-state index is 13.8. The normalized spacial score (nSPS) is 10.7. The van der Waals surface area contributed by atoms with Crippen LogP contribution >= 0.6 is 11.6 Å². The second-order valence-electron chi connectivity index (χ2n) is 4.80. The van der Waals surface area contributed by atoms with Crippen molar-refractivity contribution in [1.29, 1.82) is 5.26 Å². The number of amides is 1. The highest BCUT2D eigenvalue weighted by Gasteiger charge is 2.17. The fourth-order valence-electron chi connectivity index (χ4n) is 2.01. The molecule has 0 aliphatic rings. The molecular weight excluding hydrogens is 347 g/mol. The summed E-state index contributed by atoms with van der Waals surface area (Å²) in [6, 6.07) is 11.9. The maximum Gasteiger partial charge on any atom is 0.339 e. The molecule has 2 aromatic rings. The van der Waals surface area contributed by atoms with Crippen molar-refractivity contribution in [2.45, 2.75) is 0 Å². The minimum Gasteiger partial charge on any atom is -0.465 e. The SMILES string of the molecule is COC(=O)c1ccccc1NC(=O)/C(C#N)=C/c1c(F)cccc1Cl. The summed E-state index contributed by atoms with van der Waals surface area (Å²) in [6.07, 6.45) is 1.05. The molecule has 0 spiro atoms. The summed E-state index contributed by atoms with van der Waals surface area (Å²) < 4.78 is 18.5. The first kappa shape index (κ1) is 18.2. The molecule has 0 saturated heterocycles. The number of nitriles is 1. The zero-order chi connectivity index (χ0) is 18.4. The Balaban J connectivity index is 2.36. The van der Waals surface area contributed by atoms with Crippen LogP contribution in [0.4, 0.5) is 10.1 Å². The second-order valence-corrected chi connectivity index (χ2v) is 5.20. The number of carbonyl (C=O) groups excluding carboxylic acids is 2. The van der Waals surface area contributed by atoms with E-state index in [0.29, 0.717) is 0 Å². The van der Waals surface area contributed by atoms with Gasteiger partial charge in [-0.25, -0.2) is 9.18 Å². The molecule has 126 valence electrons. The number of methoxy groups -OCH3 is 1. The van der Waals surface area contributed by atoms with E-state index in [1.165, 1.54) is 31.4 Å². The average molecular weight is 359 g/mol. The fraction of sp³-hybridized carbons (Fsp3) is 0.0556. The lowest BCUT2D eigenvalue weighted by atomic mass is 10.1. The van der Waals surface area contributed by atoms with Gasteiger partial charge < -0.3 is 10.1 Å². The summed E-state index contributed by atoms with van der Waals surface area (Å²) >= 11 is 5.89. The van der Waals surface area contributed by atoms with Crippen molar-refractivity contribution in [2.24, 2.45) is 0 Å². The molecule has 2 aromatic carbocycles. The molecule has 1 N–H and O–H groups in total. The molecule has 2 rings (SSSR count). The van der Waals surface area contributed by atoms with Crippen molar-refractivity contribution in [2.75, 3.05) is 12.4 Å². The van der Waals surface area contributed by atoms with Crippen LogP contribution in [0.2, 0.25) is 5.02 Å². The second kappa shape index (κ2) is 8.08. The Morgan fingerprint density at radius 2 is 1.96 bits per heavy atom. The smallest absolute Gasteiger partial charge is 0.339 e. The van der Waals surface area contributed by atoms with Gasteiger partial charge in [0, 0.05) is 5.56 Å². The number of ether oxygens (including phenoxy) is 1. The summed E-state index contributed by atoms with van der Waals surface area (Å²) in [5.41, 5.74) is -0.150. The molecule has 0 aliphatic carbocycles. The molecule has 0 aromatic heterocycles. The van der Waals surface area contributed by atoms with Crippen LogP contribution < -0.4 is 5.32 Å².